The van der Waals surface area contributed by atoms with Gasteiger partial charge in [-0.15, -0.1) is 0 Å². The Bertz CT molecular complexity index is 657. The van der Waals surface area contributed by atoms with Crippen molar-refractivity contribution in [2.24, 2.45) is 0 Å². The summed E-state index contributed by atoms with van der Waals surface area (Å²) in [7, 11) is 0. The first-order chi connectivity index (χ1) is 10.7. The van der Waals surface area contributed by atoms with Gasteiger partial charge in [0.15, 0.2) is 0 Å². The Kier molecular flexibility index (Phi) is 4.14. The molecule has 0 atom stereocenters. The summed E-state index contributed by atoms with van der Waals surface area (Å²) in [6.45, 7) is 0. The van der Waals surface area contributed by atoms with Crippen LogP contribution in [0.1, 0.15) is 45.5 Å². The number of aryl methyl sites for hydroxylation is 4. The van der Waals surface area contributed by atoms with E-state index in [1.54, 1.807) is 0 Å². The van der Waals surface area contributed by atoms with E-state index in [9.17, 15) is 15.0 Å². The SMILES string of the molecule is O=C(O)c1c2cccc1CCCc1cccc(c1O)CCC2. The Morgan fingerprint density at radius 2 is 1.18 bits per heavy atom. The molecule has 0 spiro atoms. The van der Waals surface area contributed by atoms with Crippen molar-refractivity contribution < 1.29 is 15.0 Å². The van der Waals surface area contributed by atoms with E-state index in [1.807, 2.05) is 36.4 Å². The molecule has 0 saturated heterocycles. The maximum absolute atomic E-state index is 11.6. The molecule has 3 rings (SSSR count). The highest BCUT2D eigenvalue weighted by atomic mass is 16.4. The van der Waals surface area contributed by atoms with Crippen LogP contribution < -0.4 is 0 Å². The van der Waals surface area contributed by atoms with Crippen LogP contribution in [0.3, 0.4) is 0 Å². The van der Waals surface area contributed by atoms with Crippen LogP contribution in [0.5, 0.6) is 5.75 Å². The number of fused-ring (bicyclic) bond motifs is 4. The number of carboxylic acid groups (broad SMARTS) is 1. The van der Waals surface area contributed by atoms with E-state index in [2.05, 4.69) is 0 Å². The zero-order valence-electron chi connectivity index (χ0n) is 12.5. The molecule has 1 aliphatic rings. The normalized spacial score (nSPS) is 14.7. The van der Waals surface area contributed by atoms with E-state index in [0.717, 1.165) is 60.8 Å². The molecule has 2 N–H and O–H groups in total. The van der Waals surface area contributed by atoms with Crippen molar-refractivity contribution in [2.75, 3.05) is 0 Å². The summed E-state index contributed by atoms with van der Waals surface area (Å²) in [5.74, 6) is -0.408. The maximum atomic E-state index is 11.6. The number of aromatic carboxylic acids is 1. The second kappa shape index (κ2) is 6.22. The zero-order chi connectivity index (χ0) is 15.5. The summed E-state index contributed by atoms with van der Waals surface area (Å²) in [6, 6.07) is 11.7. The molecule has 1 aliphatic carbocycles. The van der Waals surface area contributed by atoms with E-state index in [1.165, 1.54) is 0 Å². The van der Waals surface area contributed by atoms with Crippen molar-refractivity contribution in [3.8, 4) is 5.75 Å². The van der Waals surface area contributed by atoms with E-state index < -0.39 is 5.97 Å². The number of rotatable bonds is 1. The van der Waals surface area contributed by atoms with Crippen molar-refractivity contribution in [1.29, 1.82) is 0 Å². The molecule has 3 nitrogen and oxygen atoms in total. The molecule has 0 aromatic heterocycles. The Balaban J connectivity index is 1.97. The lowest BCUT2D eigenvalue weighted by Crippen LogP contribution is -2.09. The number of carbonyl (C=O) groups is 1. The number of aromatic hydroxyl groups is 1. The lowest BCUT2D eigenvalue weighted by molar-refractivity contribution is 0.0694. The molecule has 0 amide bonds. The Hall–Kier alpha value is -2.29. The molecule has 22 heavy (non-hydrogen) atoms. The van der Waals surface area contributed by atoms with Gasteiger partial charge in [-0.3, -0.25) is 0 Å². The molecule has 0 fully saturated rings. The van der Waals surface area contributed by atoms with Crippen molar-refractivity contribution in [3.63, 3.8) is 0 Å². The molecule has 0 unspecified atom stereocenters. The fraction of sp³-hybridized carbons (Fsp3) is 0.316. The van der Waals surface area contributed by atoms with E-state index >= 15 is 0 Å². The van der Waals surface area contributed by atoms with Gasteiger partial charge in [-0.25, -0.2) is 4.79 Å². The molecule has 4 bridgehead atoms. The van der Waals surface area contributed by atoms with Gasteiger partial charge in [-0.2, -0.15) is 0 Å². The smallest absolute Gasteiger partial charge is 0.336 e. The van der Waals surface area contributed by atoms with Crippen LogP contribution in [0.4, 0.5) is 0 Å². The molecule has 114 valence electrons. The number of para-hydroxylation sites is 1. The summed E-state index contributed by atoms with van der Waals surface area (Å²) in [5.41, 5.74) is 4.22. The lowest BCUT2D eigenvalue weighted by atomic mass is 9.91. The monoisotopic (exact) mass is 296 g/mol. The van der Waals surface area contributed by atoms with E-state index in [4.69, 9.17) is 0 Å². The molecule has 0 radical (unpaired) electrons. The van der Waals surface area contributed by atoms with Gasteiger partial charge in [0.25, 0.3) is 0 Å². The predicted octanol–water partition coefficient (Wildman–Crippen LogP) is 3.75. The fourth-order valence-corrected chi connectivity index (χ4v) is 3.33. The summed E-state index contributed by atoms with van der Waals surface area (Å²) in [4.78, 5) is 11.6. The van der Waals surface area contributed by atoms with Crippen molar-refractivity contribution in [2.45, 2.75) is 38.5 Å². The van der Waals surface area contributed by atoms with Crippen LogP contribution in [0.15, 0.2) is 36.4 Å². The van der Waals surface area contributed by atoms with Gasteiger partial charge < -0.3 is 10.2 Å². The van der Waals surface area contributed by atoms with Gasteiger partial charge in [0.05, 0.1) is 5.56 Å². The third kappa shape index (κ3) is 2.84. The maximum Gasteiger partial charge on any atom is 0.336 e. The molecule has 2 aromatic rings. The minimum atomic E-state index is -0.830. The number of phenolic OH excluding ortho intramolecular Hbond substituents is 1. The Morgan fingerprint density at radius 3 is 1.64 bits per heavy atom. The van der Waals surface area contributed by atoms with Gasteiger partial charge in [-0.05, 0) is 60.8 Å². The number of phenols is 1. The summed E-state index contributed by atoms with van der Waals surface area (Å²) >= 11 is 0. The molecule has 0 aliphatic heterocycles. The van der Waals surface area contributed by atoms with Crippen LogP contribution in [-0.4, -0.2) is 16.2 Å². The van der Waals surface area contributed by atoms with Crippen molar-refractivity contribution in [3.05, 3.63) is 64.2 Å². The molecule has 2 aromatic carbocycles. The molecular weight excluding hydrogens is 276 g/mol. The van der Waals surface area contributed by atoms with Crippen LogP contribution in [0, 0.1) is 0 Å². The van der Waals surface area contributed by atoms with Crippen molar-refractivity contribution in [1.82, 2.24) is 0 Å². The summed E-state index contributed by atoms with van der Waals surface area (Å²) in [5, 5.41) is 19.9. The van der Waals surface area contributed by atoms with Crippen LogP contribution >= 0.6 is 0 Å². The van der Waals surface area contributed by atoms with Gasteiger partial charge >= 0.3 is 5.97 Å². The Morgan fingerprint density at radius 1 is 0.773 bits per heavy atom. The highest BCUT2D eigenvalue weighted by Crippen LogP contribution is 2.28. The predicted molar refractivity (Wildman–Crippen MR) is 85.6 cm³/mol. The van der Waals surface area contributed by atoms with Crippen LogP contribution in [-0.2, 0) is 25.7 Å². The number of hydrogen-bond donors (Lipinski definition) is 2. The highest BCUT2D eigenvalue weighted by molar-refractivity contribution is 5.91. The van der Waals surface area contributed by atoms with Gasteiger partial charge in [0.2, 0.25) is 0 Å². The number of carboxylic acids is 1. The van der Waals surface area contributed by atoms with Crippen LogP contribution in [0.2, 0.25) is 0 Å². The largest absolute Gasteiger partial charge is 0.507 e. The average molecular weight is 296 g/mol. The molecule has 3 heteroatoms. The van der Waals surface area contributed by atoms with E-state index in [0.29, 0.717) is 11.3 Å². The molecular formula is C19H20O3. The standard InChI is InChI=1S/C19H20O3/c20-18-15-9-2-7-13-5-1-6-14(17(13)19(21)22)8-3-10-16(18)12-4-11-15/h1,4-6,11-12,20H,2-3,7-10H2,(H,21,22). The minimum Gasteiger partial charge on any atom is -0.507 e. The number of benzene rings is 2. The zero-order valence-corrected chi connectivity index (χ0v) is 12.5. The first kappa shape index (κ1) is 14.6. The third-order valence-electron chi connectivity index (χ3n) is 4.44. The van der Waals surface area contributed by atoms with Gasteiger partial charge in [0.1, 0.15) is 5.75 Å². The fourth-order valence-electron chi connectivity index (χ4n) is 3.33. The quantitative estimate of drug-likeness (QED) is 0.842. The van der Waals surface area contributed by atoms with E-state index in [-0.39, 0.29) is 0 Å². The van der Waals surface area contributed by atoms with Gasteiger partial charge in [-0.1, -0.05) is 36.4 Å². The van der Waals surface area contributed by atoms with Crippen molar-refractivity contribution >= 4 is 5.97 Å². The minimum absolute atomic E-state index is 0.421. The average Bonchev–Trinajstić information content (AvgIpc) is 2.49. The van der Waals surface area contributed by atoms with Gasteiger partial charge in [0, 0.05) is 0 Å². The highest BCUT2D eigenvalue weighted by Gasteiger charge is 2.16. The van der Waals surface area contributed by atoms with Crippen LogP contribution in [0.25, 0.3) is 0 Å². The number of hydrogen-bond acceptors (Lipinski definition) is 2. The summed E-state index contributed by atoms with van der Waals surface area (Å²) in [6.07, 6.45) is 4.64. The summed E-state index contributed by atoms with van der Waals surface area (Å²) < 4.78 is 0. The topological polar surface area (TPSA) is 57.5 Å². The Labute approximate surface area is 130 Å². The first-order valence-corrected chi connectivity index (χ1v) is 7.80. The first-order valence-electron chi connectivity index (χ1n) is 7.80. The molecule has 0 heterocycles. The molecule has 0 saturated carbocycles. The third-order valence-corrected chi connectivity index (χ3v) is 4.44. The second-order valence-corrected chi connectivity index (χ2v) is 5.89. The lowest BCUT2D eigenvalue weighted by Gasteiger charge is -2.15. The second-order valence-electron chi connectivity index (χ2n) is 5.89.